The summed E-state index contributed by atoms with van der Waals surface area (Å²) in [4.78, 5) is 11.4. The molecule has 1 aromatic heterocycles. The second kappa shape index (κ2) is 13.3. The topological polar surface area (TPSA) is 124 Å². The minimum Gasteiger partial charge on any atom is -0.494 e. The van der Waals surface area contributed by atoms with E-state index in [-0.39, 0.29) is 0 Å². The molecular weight excluding hydrogens is 576 g/mol. The van der Waals surface area contributed by atoms with Crippen LogP contribution < -0.4 is 35.2 Å². The van der Waals surface area contributed by atoms with Gasteiger partial charge >= 0.3 is 0 Å². The monoisotopic (exact) mass is 614 g/mol. The smallest absolute Gasteiger partial charge is 0.232 e. The summed E-state index contributed by atoms with van der Waals surface area (Å²) in [6, 6.07) is 12.3. The van der Waals surface area contributed by atoms with Gasteiger partial charge in [-0.25, -0.2) is 13.4 Å². The predicted molar refractivity (Wildman–Crippen MR) is 171 cm³/mol. The molecule has 5 rings (SSSR count). The van der Waals surface area contributed by atoms with Crippen LogP contribution in [0.15, 0.2) is 42.6 Å². The standard InChI is InChI=1S/C29H39ClN8O3S/c1-31-13-14-32-21-11-16-37(17-12-21)22-9-10-24(26(18-22)41-2)35-29-33-19-23(30)28(36-29)34-25-8-4-6-20-7-5-15-38(27(20)25)42(3,39)40/h4,6,8-10,18-19,21,31-32H,5,7,11-17H2,1-3H3,(H2,33,34,35,36). The molecule has 1 saturated heterocycles. The van der Waals surface area contributed by atoms with Crippen molar-refractivity contribution < 1.29 is 13.2 Å². The number of anilines is 6. The number of nitrogens with one attached hydrogen (secondary N) is 4. The zero-order chi connectivity index (χ0) is 29.7. The normalized spacial score (nSPS) is 15.8. The summed E-state index contributed by atoms with van der Waals surface area (Å²) in [5.74, 6) is 1.37. The molecule has 0 atom stereocenters. The van der Waals surface area contributed by atoms with Crippen LogP contribution in [0.2, 0.25) is 5.02 Å². The minimum atomic E-state index is -3.45. The molecule has 226 valence electrons. The van der Waals surface area contributed by atoms with E-state index >= 15 is 0 Å². The van der Waals surface area contributed by atoms with Gasteiger partial charge in [-0.05, 0) is 56.5 Å². The molecule has 4 N–H and O–H groups in total. The average molecular weight is 615 g/mol. The third kappa shape index (κ3) is 7.00. The summed E-state index contributed by atoms with van der Waals surface area (Å²) in [7, 11) is 0.165. The molecule has 0 bridgehead atoms. The minimum absolute atomic E-state index is 0.311. The number of likely N-dealkylation sites (N-methyl/N-ethyl adjacent to an activating group) is 1. The van der Waals surface area contributed by atoms with Crippen molar-refractivity contribution in [3.63, 3.8) is 0 Å². The Morgan fingerprint density at radius 2 is 1.88 bits per heavy atom. The largest absolute Gasteiger partial charge is 0.494 e. The highest BCUT2D eigenvalue weighted by Gasteiger charge is 2.27. The number of sulfonamides is 1. The Morgan fingerprint density at radius 1 is 1.07 bits per heavy atom. The van der Waals surface area contributed by atoms with E-state index in [4.69, 9.17) is 16.3 Å². The molecular formula is C29H39ClN8O3S. The van der Waals surface area contributed by atoms with Crippen LogP contribution >= 0.6 is 11.6 Å². The Labute approximate surface area is 253 Å². The zero-order valence-electron chi connectivity index (χ0n) is 24.3. The van der Waals surface area contributed by atoms with Crippen molar-refractivity contribution in [3.8, 4) is 5.75 Å². The van der Waals surface area contributed by atoms with Gasteiger partial charge in [0.2, 0.25) is 16.0 Å². The second-order valence-corrected chi connectivity index (χ2v) is 12.9. The van der Waals surface area contributed by atoms with Crippen LogP contribution in [0.3, 0.4) is 0 Å². The predicted octanol–water partition coefficient (Wildman–Crippen LogP) is 4.12. The van der Waals surface area contributed by atoms with Crippen LogP contribution in [0.4, 0.5) is 34.5 Å². The molecule has 3 heterocycles. The first-order valence-electron chi connectivity index (χ1n) is 14.2. The molecule has 0 spiro atoms. The number of piperidine rings is 1. The van der Waals surface area contributed by atoms with Crippen LogP contribution in [0.25, 0.3) is 0 Å². The van der Waals surface area contributed by atoms with Crippen LogP contribution in [-0.4, -0.2) is 77.6 Å². The second-order valence-electron chi connectivity index (χ2n) is 10.6. The lowest BCUT2D eigenvalue weighted by Gasteiger charge is -2.34. The number of aryl methyl sites for hydroxylation is 1. The average Bonchev–Trinajstić information content (AvgIpc) is 2.99. The quantitative estimate of drug-likeness (QED) is 0.235. The number of aromatic nitrogens is 2. The highest BCUT2D eigenvalue weighted by molar-refractivity contribution is 7.92. The maximum atomic E-state index is 12.5. The molecule has 2 aromatic carbocycles. The summed E-state index contributed by atoms with van der Waals surface area (Å²) in [5.41, 5.74) is 4.03. The van der Waals surface area contributed by atoms with Crippen molar-refractivity contribution in [1.82, 2.24) is 20.6 Å². The van der Waals surface area contributed by atoms with E-state index < -0.39 is 10.0 Å². The highest BCUT2D eigenvalue weighted by atomic mass is 35.5. The van der Waals surface area contributed by atoms with Gasteiger partial charge in [0, 0.05) is 50.5 Å². The SMILES string of the molecule is CNCCNC1CCN(c2ccc(Nc3ncc(Cl)c(Nc4cccc5c4N(S(C)(=O)=O)CCC5)n3)c(OC)c2)CC1. The van der Waals surface area contributed by atoms with Crippen molar-refractivity contribution in [3.05, 3.63) is 53.2 Å². The maximum absolute atomic E-state index is 12.5. The molecule has 42 heavy (non-hydrogen) atoms. The molecule has 0 aliphatic carbocycles. The Hall–Kier alpha value is -3.32. The maximum Gasteiger partial charge on any atom is 0.232 e. The van der Waals surface area contributed by atoms with E-state index in [1.54, 1.807) is 7.11 Å². The van der Waals surface area contributed by atoms with Crippen molar-refractivity contribution in [2.24, 2.45) is 0 Å². The van der Waals surface area contributed by atoms with E-state index in [1.165, 1.54) is 16.8 Å². The molecule has 0 saturated carbocycles. The van der Waals surface area contributed by atoms with Crippen molar-refractivity contribution in [2.75, 3.05) is 73.0 Å². The van der Waals surface area contributed by atoms with Crippen molar-refractivity contribution in [2.45, 2.75) is 31.7 Å². The number of ether oxygens (including phenoxy) is 1. The first-order chi connectivity index (χ1) is 20.3. The van der Waals surface area contributed by atoms with Gasteiger partial charge in [0.15, 0.2) is 5.82 Å². The lowest BCUT2D eigenvalue weighted by molar-refractivity contribution is 0.410. The number of hydrogen-bond donors (Lipinski definition) is 4. The van der Waals surface area contributed by atoms with Gasteiger partial charge in [-0.15, -0.1) is 0 Å². The van der Waals surface area contributed by atoms with Crippen LogP contribution in [0, 0.1) is 0 Å². The molecule has 13 heteroatoms. The summed E-state index contributed by atoms with van der Waals surface area (Å²) < 4.78 is 32.3. The highest BCUT2D eigenvalue weighted by Crippen LogP contribution is 2.39. The van der Waals surface area contributed by atoms with Crippen molar-refractivity contribution in [1.29, 1.82) is 0 Å². The van der Waals surface area contributed by atoms with Gasteiger partial charge < -0.3 is 30.9 Å². The molecule has 1 fully saturated rings. The molecule has 2 aliphatic rings. The third-order valence-corrected chi connectivity index (χ3v) is 9.12. The van der Waals surface area contributed by atoms with E-state index in [0.29, 0.717) is 46.5 Å². The van der Waals surface area contributed by atoms with E-state index in [1.807, 2.05) is 37.4 Å². The number of hydrogen-bond acceptors (Lipinski definition) is 10. The Morgan fingerprint density at radius 3 is 2.62 bits per heavy atom. The van der Waals surface area contributed by atoms with E-state index in [9.17, 15) is 8.42 Å². The van der Waals surface area contributed by atoms with Gasteiger partial charge in [-0.2, -0.15) is 4.98 Å². The Kier molecular flexibility index (Phi) is 9.57. The molecule has 11 nitrogen and oxygen atoms in total. The van der Waals surface area contributed by atoms with Crippen LogP contribution in [0.5, 0.6) is 5.75 Å². The zero-order valence-corrected chi connectivity index (χ0v) is 25.9. The van der Waals surface area contributed by atoms with Gasteiger partial charge in [-0.3, -0.25) is 4.31 Å². The van der Waals surface area contributed by atoms with E-state index in [0.717, 1.165) is 68.8 Å². The molecule has 0 amide bonds. The lowest BCUT2D eigenvalue weighted by Crippen LogP contribution is -2.44. The number of nitrogens with zero attached hydrogens (tertiary/aromatic N) is 4. The molecule has 2 aliphatic heterocycles. The van der Waals surface area contributed by atoms with Gasteiger partial charge in [0.1, 0.15) is 10.8 Å². The summed E-state index contributed by atoms with van der Waals surface area (Å²) in [6.07, 6.45) is 6.48. The lowest BCUT2D eigenvalue weighted by atomic mass is 10.0. The molecule has 3 aromatic rings. The van der Waals surface area contributed by atoms with Crippen molar-refractivity contribution >= 4 is 56.1 Å². The van der Waals surface area contributed by atoms with Gasteiger partial charge in [0.25, 0.3) is 0 Å². The first kappa shape index (κ1) is 30.1. The van der Waals surface area contributed by atoms with Gasteiger partial charge in [-0.1, -0.05) is 23.7 Å². The number of methoxy groups -OCH3 is 1. The summed E-state index contributed by atoms with van der Waals surface area (Å²) in [5, 5.41) is 13.6. The molecule has 0 radical (unpaired) electrons. The number of fused-ring (bicyclic) bond motifs is 1. The van der Waals surface area contributed by atoms with E-state index in [2.05, 4.69) is 42.2 Å². The number of rotatable bonds is 11. The first-order valence-corrected chi connectivity index (χ1v) is 16.5. The van der Waals surface area contributed by atoms with Gasteiger partial charge in [0.05, 0.1) is 36.6 Å². The van der Waals surface area contributed by atoms with Crippen LogP contribution in [0.1, 0.15) is 24.8 Å². The summed E-state index contributed by atoms with van der Waals surface area (Å²) >= 11 is 6.48. The fourth-order valence-corrected chi connectivity index (χ4v) is 6.68. The van der Waals surface area contributed by atoms with Crippen LogP contribution in [-0.2, 0) is 16.4 Å². The molecule has 0 unspecified atom stereocenters. The fraction of sp³-hybridized carbons (Fsp3) is 0.448. The summed E-state index contributed by atoms with van der Waals surface area (Å²) in [6.45, 7) is 4.32. The fourth-order valence-electron chi connectivity index (χ4n) is 5.53. The Balaban J connectivity index is 1.31. The number of benzene rings is 2. The Bertz CT molecular complexity index is 1500. The number of halogens is 1. The number of para-hydroxylation sites is 1. The third-order valence-electron chi connectivity index (χ3n) is 7.67.